The highest BCUT2D eigenvalue weighted by Crippen LogP contribution is 2.36. The third-order valence-corrected chi connectivity index (χ3v) is 5.25. The van der Waals surface area contributed by atoms with E-state index in [1.807, 2.05) is 53.4 Å². The maximum atomic E-state index is 6.48. The number of nitrogens with zero attached hydrogens (tertiary/aromatic N) is 4. The number of hydrogen-bond donors (Lipinski definition) is 2. The summed E-state index contributed by atoms with van der Waals surface area (Å²) in [5.41, 5.74) is 8.54. The number of nitrogen functional groups attached to an aromatic ring is 1. The Hall–Kier alpha value is -3.35. The lowest BCUT2D eigenvalue weighted by Crippen LogP contribution is -2.21. The predicted molar refractivity (Wildman–Crippen MR) is 123 cm³/mol. The first-order valence-corrected chi connectivity index (χ1v) is 9.93. The Balaban J connectivity index is 1.74. The van der Waals surface area contributed by atoms with Crippen molar-refractivity contribution in [1.29, 1.82) is 0 Å². The van der Waals surface area contributed by atoms with Crippen molar-refractivity contribution >= 4 is 52.0 Å². The Kier molecular flexibility index (Phi) is 5.97. The molecule has 0 saturated heterocycles. The van der Waals surface area contributed by atoms with Crippen LogP contribution in [0.1, 0.15) is 5.56 Å². The minimum Gasteiger partial charge on any atom is -0.393 e. The van der Waals surface area contributed by atoms with E-state index in [9.17, 15) is 0 Å². The van der Waals surface area contributed by atoms with Crippen molar-refractivity contribution in [3.05, 3.63) is 94.9 Å². The number of anilines is 5. The first-order chi connectivity index (χ1) is 14.6. The molecule has 2 aromatic carbocycles. The number of nitrogens with two attached hydrogens (primary N) is 1. The average Bonchev–Trinajstić information content (AvgIpc) is 2.78. The Morgan fingerprint density at radius 1 is 0.867 bits per heavy atom. The van der Waals surface area contributed by atoms with Crippen LogP contribution in [0.25, 0.3) is 0 Å². The van der Waals surface area contributed by atoms with E-state index in [0.29, 0.717) is 39.6 Å². The highest BCUT2D eigenvalue weighted by Gasteiger charge is 2.19. The molecule has 8 heteroatoms. The van der Waals surface area contributed by atoms with E-state index >= 15 is 0 Å². The second kappa shape index (κ2) is 8.98. The molecule has 30 heavy (non-hydrogen) atoms. The number of nitrogens with one attached hydrogen (secondary N) is 1. The fourth-order valence-electron chi connectivity index (χ4n) is 2.97. The molecule has 2 aromatic heterocycles. The Labute approximate surface area is 184 Å². The molecule has 6 nitrogen and oxygen atoms in total. The highest BCUT2D eigenvalue weighted by atomic mass is 35.5. The summed E-state index contributed by atoms with van der Waals surface area (Å²) in [4.78, 5) is 15.2. The van der Waals surface area contributed by atoms with E-state index in [1.54, 1.807) is 24.4 Å². The molecule has 0 radical (unpaired) electrons. The summed E-state index contributed by atoms with van der Waals surface area (Å²) >= 11 is 12.4. The molecule has 4 aromatic rings. The second-order valence-corrected chi connectivity index (χ2v) is 7.23. The van der Waals surface area contributed by atoms with Crippen molar-refractivity contribution in [1.82, 2.24) is 15.0 Å². The van der Waals surface area contributed by atoms with Crippen LogP contribution in [0.2, 0.25) is 10.0 Å². The SMILES string of the molecule is Nc1c(Nc2cccc(Cl)c2Cl)ncnc1N(Cc1ccccc1)c1ccccn1. The summed E-state index contributed by atoms with van der Waals surface area (Å²) < 4.78 is 0. The van der Waals surface area contributed by atoms with E-state index in [0.717, 1.165) is 11.4 Å². The topological polar surface area (TPSA) is 80.0 Å². The molecule has 0 aliphatic carbocycles. The van der Waals surface area contributed by atoms with Crippen LogP contribution in [0.5, 0.6) is 0 Å². The zero-order chi connectivity index (χ0) is 20.9. The first-order valence-electron chi connectivity index (χ1n) is 9.17. The average molecular weight is 437 g/mol. The lowest BCUT2D eigenvalue weighted by Gasteiger charge is -2.25. The summed E-state index contributed by atoms with van der Waals surface area (Å²) in [6, 6.07) is 21.0. The summed E-state index contributed by atoms with van der Waals surface area (Å²) in [6.45, 7) is 0.538. The third-order valence-electron chi connectivity index (χ3n) is 4.43. The van der Waals surface area contributed by atoms with Crippen molar-refractivity contribution in [3.63, 3.8) is 0 Å². The van der Waals surface area contributed by atoms with E-state index in [2.05, 4.69) is 20.3 Å². The molecule has 0 atom stereocenters. The van der Waals surface area contributed by atoms with Gasteiger partial charge in [0.25, 0.3) is 0 Å². The van der Waals surface area contributed by atoms with Gasteiger partial charge in [0.15, 0.2) is 11.6 Å². The van der Waals surface area contributed by atoms with E-state index in [-0.39, 0.29) is 0 Å². The summed E-state index contributed by atoms with van der Waals surface area (Å²) in [5, 5.41) is 3.98. The van der Waals surface area contributed by atoms with Crippen molar-refractivity contribution < 1.29 is 0 Å². The van der Waals surface area contributed by atoms with Crippen molar-refractivity contribution in [2.75, 3.05) is 16.0 Å². The Morgan fingerprint density at radius 2 is 1.67 bits per heavy atom. The summed E-state index contributed by atoms with van der Waals surface area (Å²) in [6.07, 6.45) is 3.18. The number of pyridine rings is 1. The Morgan fingerprint density at radius 3 is 2.43 bits per heavy atom. The number of halogens is 2. The zero-order valence-electron chi connectivity index (χ0n) is 15.8. The predicted octanol–water partition coefficient (Wildman–Crippen LogP) is 5.84. The van der Waals surface area contributed by atoms with Gasteiger partial charge in [0.2, 0.25) is 0 Å². The molecule has 4 rings (SSSR count). The van der Waals surface area contributed by atoms with Gasteiger partial charge in [-0.25, -0.2) is 15.0 Å². The van der Waals surface area contributed by atoms with Gasteiger partial charge >= 0.3 is 0 Å². The third kappa shape index (κ3) is 4.30. The van der Waals surface area contributed by atoms with Crippen molar-refractivity contribution in [2.45, 2.75) is 6.54 Å². The molecule has 0 amide bonds. The van der Waals surface area contributed by atoms with Gasteiger partial charge in [-0.05, 0) is 29.8 Å². The number of aromatic nitrogens is 3. The van der Waals surface area contributed by atoms with Gasteiger partial charge < -0.3 is 16.0 Å². The molecule has 0 unspecified atom stereocenters. The first kappa shape index (κ1) is 19.9. The Bertz CT molecular complexity index is 1140. The van der Waals surface area contributed by atoms with Crippen molar-refractivity contribution in [3.8, 4) is 0 Å². The lowest BCUT2D eigenvalue weighted by atomic mass is 10.2. The number of benzene rings is 2. The van der Waals surface area contributed by atoms with Gasteiger partial charge in [0.1, 0.15) is 17.8 Å². The normalized spacial score (nSPS) is 10.6. The molecular weight excluding hydrogens is 419 g/mol. The van der Waals surface area contributed by atoms with Crippen LogP contribution in [0.4, 0.5) is 28.8 Å². The quantitative estimate of drug-likeness (QED) is 0.394. The molecule has 0 aliphatic heterocycles. The lowest BCUT2D eigenvalue weighted by molar-refractivity contribution is 0.918. The fraction of sp³-hybridized carbons (Fsp3) is 0.0455. The summed E-state index contributed by atoms with van der Waals surface area (Å²) in [7, 11) is 0. The van der Waals surface area contributed by atoms with E-state index in [4.69, 9.17) is 28.9 Å². The highest BCUT2D eigenvalue weighted by molar-refractivity contribution is 6.43. The molecule has 0 fully saturated rings. The van der Waals surface area contributed by atoms with Gasteiger partial charge in [-0.15, -0.1) is 0 Å². The maximum absolute atomic E-state index is 6.48. The van der Waals surface area contributed by atoms with E-state index in [1.165, 1.54) is 6.33 Å². The van der Waals surface area contributed by atoms with Crippen LogP contribution in [-0.4, -0.2) is 15.0 Å². The second-order valence-electron chi connectivity index (χ2n) is 6.45. The van der Waals surface area contributed by atoms with Gasteiger partial charge in [-0.1, -0.05) is 65.7 Å². The molecule has 150 valence electrons. The van der Waals surface area contributed by atoms with Crippen LogP contribution in [-0.2, 0) is 6.54 Å². The van der Waals surface area contributed by atoms with Crippen LogP contribution < -0.4 is 16.0 Å². The van der Waals surface area contributed by atoms with Crippen LogP contribution in [0.3, 0.4) is 0 Å². The zero-order valence-corrected chi connectivity index (χ0v) is 17.3. The number of hydrogen-bond acceptors (Lipinski definition) is 6. The minimum absolute atomic E-state index is 0.370. The standard InChI is InChI=1S/C22H18Cl2N6/c23-16-9-6-10-17(19(16)24)29-21-20(25)22(28-14-27-21)30(18-11-4-5-12-26-18)13-15-7-2-1-3-8-15/h1-12,14H,13,25H2,(H,27,28,29). The molecular formula is C22H18Cl2N6. The number of rotatable bonds is 6. The molecule has 0 spiro atoms. The smallest absolute Gasteiger partial charge is 0.163 e. The van der Waals surface area contributed by atoms with Gasteiger partial charge in [0, 0.05) is 6.20 Å². The molecule has 2 heterocycles. The minimum atomic E-state index is 0.370. The molecule has 0 saturated carbocycles. The molecule has 0 aliphatic rings. The summed E-state index contributed by atoms with van der Waals surface area (Å²) in [5.74, 6) is 1.69. The maximum Gasteiger partial charge on any atom is 0.163 e. The fourth-order valence-corrected chi connectivity index (χ4v) is 3.32. The van der Waals surface area contributed by atoms with Crippen molar-refractivity contribution in [2.24, 2.45) is 0 Å². The van der Waals surface area contributed by atoms with E-state index < -0.39 is 0 Å². The molecule has 0 bridgehead atoms. The van der Waals surface area contributed by atoms with Gasteiger partial charge in [0.05, 0.1) is 22.3 Å². The van der Waals surface area contributed by atoms with Crippen LogP contribution in [0, 0.1) is 0 Å². The monoisotopic (exact) mass is 436 g/mol. The largest absolute Gasteiger partial charge is 0.393 e. The van der Waals surface area contributed by atoms with Crippen LogP contribution >= 0.6 is 23.2 Å². The van der Waals surface area contributed by atoms with Crippen LogP contribution in [0.15, 0.2) is 79.3 Å². The van der Waals surface area contributed by atoms with Gasteiger partial charge in [-0.3, -0.25) is 0 Å². The van der Waals surface area contributed by atoms with Gasteiger partial charge in [-0.2, -0.15) is 0 Å². The molecule has 3 N–H and O–H groups in total.